The van der Waals surface area contributed by atoms with E-state index in [1.807, 2.05) is 12.1 Å². The van der Waals surface area contributed by atoms with E-state index in [9.17, 15) is 0 Å². The van der Waals surface area contributed by atoms with E-state index in [1.54, 1.807) is 0 Å². The molecular weight excluding hydrogens is 864 g/mol. The van der Waals surface area contributed by atoms with Gasteiger partial charge < -0.3 is 18.6 Å². The third kappa shape index (κ3) is 6.00. The quantitative estimate of drug-likeness (QED) is 0.156. The molecule has 0 spiro atoms. The van der Waals surface area contributed by atoms with Crippen LogP contribution >= 0.6 is 0 Å². The number of benzene rings is 11. The third-order valence-electron chi connectivity index (χ3n) is 14.6. The predicted octanol–water partition coefficient (Wildman–Crippen LogP) is 15.8. The first-order valence-electron chi connectivity index (χ1n) is 26.0. The molecule has 330 valence electrons. The molecule has 2 aliphatic heterocycles. The lowest BCUT2D eigenvalue weighted by Gasteiger charge is -2.42. The molecule has 0 saturated heterocycles. The van der Waals surface area contributed by atoms with E-state index >= 15 is 0 Å². The first-order valence-corrected chi connectivity index (χ1v) is 24.0. The van der Waals surface area contributed by atoms with Crippen LogP contribution in [0.4, 0.5) is 17.1 Å². The number of para-hydroxylation sites is 4. The molecule has 71 heavy (non-hydrogen) atoms. The van der Waals surface area contributed by atoms with E-state index in [-0.39, 0.29) is 29.8 Å². The number of hydrogen-bond acceptors (Lipinski definition) is 3. The van der Waals surface area contributed by atoms with Gasteiger partial charge >= 0.3 is 0 Å². The van der Waals surface area contributed by atoms with Gasteiger partial charge in [0, 0.05) is 49.6 Å². The van der Waals surface area contributed by atoms with Crippen molar-refractivity contribution >= 4 is 83.9 Å². The summed E-state index contributed by atoms with van der Waals surface area (Å²) >= 11 is 0. The highest BCUT2D eigenvalue weighted by atomic mass is 16.5. The van der Waals surface area contributed by atoms with Crippen LogP contribution in [0.25, 0.3) is 93.9 Å². The van der Waals surface area contributed by atoms with Crippen molar-refractivity contribution < 1.29 is 14.6 Å². The summed E-state index contributed by atoms with van der Waals surface area (Å²) < 4.78 is 51.7. The summed E-state index contributed by atoms with van der Waals surface area (Å²) in [5.74, 6) is 1.13. The minimum Gasteiger partial charge on any atom is -0.454 e. The second-order valence-electron chi connectivity index (χ2n) is 18.4. The Balaban J connectivity index is 1.13. The monoisotopic (exact) mass is 908 g/mol. The van der Waals surface area contributed by atoms with Gasteiger partial charge in [0.2, 0.25) is 0 Å². The number of furan rings is 1. The zero-order chi connectivity index (χ0) is 50.1. The maximum absolute atomic E-state index is 9.06. The average Bonchev–Trinajstić information content (AvgIpc) is 4.13. The number of aromatic nitrogens is 1. The molecule has 0 radical (unpaired) electrons. The van der Waals surface area contributed by atoms with Gasteiger partial charge in [-0.25, -0.2) is 0 Å². The Bertz CT molecular complexity index is 4390. The molecule has 0 N–H and O–H groups in total. The summed E-state index contributed by atoms with van der Waals surface area (Å²) in [6.45, 7) is -0.407. The maximum Gasteiger partial charge on any atom is 0.256 e. The SMILES string of the molecule is [2H]c1c([2H])c([2H])c2c(oc3c4c(ccc32)B2c3cc(-c5ccccc5)c(-n5c6ccccc6c6ccccc65)cc3N(c3c(-c5ccccc5)cccc3-c3ccccc3)c3cc(-c5ccccc5)cc(c32)O4)c1[2H]. The van der Waals surface area contributed by atoms with Gasteiger partial charge in [0.25, 0.3) is 6.71 Å². The van der Waals surface area contributed by atoms with Crippen LogP contribution < -0.4 is 26.0 Å². The van der Waals surface area contributed by atoms with Crippen LogP contribution in [0.15, 0.2) is 253 Å². The number of anilines is 3. The Morgan fingerprint density at radius 3 is 1.63 bits per heavy atom. The van der Waals surface area contributed by atoms with Gasteiger partial charge in [-0.2, -0.15) is 0 Å². The summed E-state index contributed by atoms with van der Waals surface area (Å²) in [6.07, 6.45) is 0. The number of nitrogens with zero attached hydrogens (tertiary/aromatic N) is 2. The summed E-state index contributed by atoms with van der Waals surface area (Å²) in [4.78, 5) is 2.49. The minimum absolute atomic E-state index is 0.0980. The van der Waals surface area contributed by atoms with E-state index < -0.39 is 6.71 Å². The van der Waals surface area contributed by atoms with Crippen LogP contribution in [0.2, 0.25) is 0 Å². The fraction of sp³-hybridized carbons (Fsp3) is 0. The lowest BCUT2D eigenvalue weighted by Crippen LogP contribution is -2.59. The van der Waals surface area contributed by atoms with Crippen LogP contribution in [0.1, 0.15) is 5.48 Å². The molecule has 2 aliphatic rings. The molecule has 0 bridgehead atoms. The Morgan fingerprint density at radius 2 is 0.986 bits per heavy atom. The number of ether oxygens (including phenoxy) is 1. The highest BCUT2D eigenvalue weighted by Crippen LogP contribution is 2.52. The molecule has 11 aromatic carbocycles. The average molecular weight is 909 g/mol. The third-order valence-corrected chi connectivity index (χ3v) is 14.6. The summed E-state index contributed by atoms with van der Waals surface area (Å²) in [5, 5.41) is 3.22. The first-order chi connectivity index (χ1) is 36.9. The summed E-state index contributed by atoms with van der Waals surface area (Å²) in [7, 11) is 0. The van der Waals surface area contributed by atoms with Crippen LogP contribution in [-0.2, 0) is 0 Å². The van der Waals surface area contributed by atoms with E-state index in [4.69, 9.17) is 14.6 Å². The molecule has 0 fully saturated rings. The molecule has 15 rings (SSSR count). The number of rotatable bonds is 6. The Hall–Kier alpha value is -9.32. The van der Waals surface area contributed by atoms with Crippen LogP contribution in [0, 0.1) is 0 Å². The lowest BCUT2D eigenvalue weighted by molar-refractivity contribution is 0.481. The summed E-state index contributed by atoms with van der Waals surface area (Å²) in [5.41, 5.74) is 17.9. The molecular formula is C66H41BN2O2. The van der Waals surface area contributed by atoms with Gasteiger partial charge in [-0.15, -0.1) is 0 Å². The van der Waals surface area contributed by atoms with E-state index in [0.717, 1.165) is 94.7 Å². The van der Waals surface area contributed by atoms with Crippen molar-refractivity contribution in [2.75, 3.05) is 4.90 Å². The normalized spacial score (nSPS) is 13.4. The van der Waals surface area contributed by atoms with Crippen molar-refractivity contribution in [3.8, 4) is 61.7 Å². The van der Waals surface area contributed by atoms with Crippen molar-refractivity contribution in [3.05, 3.63) is 249 Å². The molecule has 0 saturated carbocycles. The smallest absolute Gasteiger partial charge is 0.256 e. The van der Waals surface area contributed by atoms with Crippen molar-refractivity contribution in [2.24, 2.45) is 0 Å². The van der Waals surface area contributed by atoms with Gasteiger partial charge in [0.15, 0.2) is 11.3 Å². The van der Waals surface area contributed by atoms with Crippen molar-refractivity contribution in [3.63, 3.8) is 0 Å². The van der Waals surface area contributed by atoms with E-state index in [0.29, 0.717) is 27.9 Å². The largest absolute Gasteiger partial charge is 0.454 e. The molecule has 2 aromatic heterocycles. The van der Waals surface area contributed by atoms with Crippen LogP contribution in [0.5, 0.6) is 11.5 Å². The fourth-order valence-electron chi connectivity index (χ4n) is 11.5. The van der Waals surface area contributed by atoms with E-state index in [1.165, 1.54) is 10.8 Å². The molecule has 4 heterocycles. The number of fused-ring (bicyclic) bond motifs is 11. The fourth-order valence-corrected chi connectivity index (χ4v) is 11.5. The molecule has 5 heteroatoms. The van der Waals surface area contributed by atoms with Gasteiger partial charge in [-0.3, -0.25) is 0 Å². The van der Waals surface area contributed by atoms with Gasteiger partial charge in [0.1, 0.15) is 11.3 Å². The van der Waals surface area contributed by atoms with Crippen molar-refractivity contribution in [1.29, 1.82) is 0 Å². The first kappa shape index (κ1) is 35.8. The minimum atomic E-state index is -0.407. The second-order valence-corrected chi connectivity index (χ2v) is 18.4. The van der Waals surface area contributed by atoms with Crippen molar-refractivity contribution in [1.82, 2.24) is 4.57 Å². The van der Waals surface area contributed by atoms with Crippen LogP contribution in [-0.4, -0.2) is 11.3 Å². The molecule has 0 atom stereocenters. The molecule has 0 amide bonds. The van der Waals surface area contributed by atoms with Gasteiger partial charge in [-0.1, -0.05) is 212 Å². The van der Waals surface area contributed by atoms with Gasteiger partial charge in [-0.05, 0) is 80.6 Å². The highest BCUT2D eigenvalue weighted by molar-refractivity contribution is 6.99. The molecule has 0 unspecified atom stereocenters. The zero-order valence-corrected chi connectivity index (χ0v) is 38.2. The molecule has 13 aromatic rings. The summed E-state index contributed by atoms with van der Waals surface area (Å²) in [6, 6.07) is 78.6. The zero-order valence-electron chi connectivity index (χ0n) is 42.2. The Labute approximate surface area is 416 Å². The lowest BCUT2D eigenvalue weighted by atomic mass is 9.34. The van der Waals surface area contributed by atoms with Crippen LogP contribution in [0.3, 0.4) is 0 Å². The predicted molar refractivity (Wildman–Crippen MR) is 296 cm³/mol. The Morgan fingerprint density at radius 1 is 0.408 bits per heavy atom. The second kappa shape index (κ2) is 15.6. The van der Waals surface area contributed by atoms with E-state index in [2.05, 4.69) is 222 Å². The van der Waals surface area contributed by atoms with Crippen molar-refractivity contribution in [2.45, 2.75) is 0 Å². The molecule has 0 aliphatic carbocycles. The standard InChI is InChI=1S/C66H41BN2O2/c1-5-20-42(21-6-1)46-38-60-63-62(39-46)71-66-54(37-36-52-51-30-15-18-35-61(51)70-65(52)66)67(63)55-40-53(45-26-11-4-12-27-45)58(68-56-33-16-13-28-49(56)50-29-14-17-34-57(50)68)41-59(55)69(60)64-47(43-22-7-2-8-23-43)31-19-32-48(64)44-24-9-3-10-25-44/h1-41H/i15D,18D,30D,35D. The topological polar surface area (TPSA) is 30.5 Å². The Kier molecular flexibility index (Phi) is 7.86. The van der Waals surface area contributed by atoms with Gasteiger partial charge in [0.05, 0.1) is 27.9 Å². The molecule has 4 nitrogen and oxygen atoms in total. The highest BCUT2D eigenvalue weighted by Gasteiger charge is 2.45. The number of hydrogen-bond donors (Lipinski definition) is 0. The maximum atomic E-state index is 9.06.